The summed E-state index contributed by atoms with van der Waals surface area (Å²) in [4.78, 5) is 25.4. The molecule has 0 bridgehead atoms. The number of hydrazine groups is 1. The molecule has 2 rings (SSSR count). The molecular formula is C15H18N6O4. The Hall–Kier alpha value is -3.23. The largest absolute Gasteiger partial charge is 0.480 e. The maximum absolute atomic E-state index is 11.4. The Morgan fingerprint density at radius 2 is 2.08 bits per heavy atom. The van der Waals surface area contributed by atoms with Crippen LogP contribution in [0, 0.1) is 0 Å². The monoisotopic (exact) mass is 346 g/mol. The molecule has 0 fully saturated rings. The summed E-state index contributed by atoms with van der Waals surface area (Å²) >= 11 is 0. The Morgan fingerprint density at radius 1 is 1.36 bits per heavy atom. The number of ether oxygens (including phenoxy) is 1. The second-order valence-corrected chi connectivity index (χ2v) is 5.29. The predicted octanol–water partition coefficient (Wildman–Crippen LogP) is 1.15. The maximum atomic E-state index is 11.4. The summed E-state index contributed by atoms with van der Waals surface area (Å²) in [6.07, 6.45) is 0.427. The number of hydrogen-bond donors (Lipinski definition) is 4. The molecule has 25 heavy (non-hydrogen) atoms. The smallest absolute Gasteiger partial charge is 0.370 e. The molecule has 0 aromatic heterocycles. The Balaban J connectivity index is 2.13. The lowest BCUT2D eigenvalue weighted by atomic mass is 9.98. The van der Waals surface area contributed by atoms with E-state index in [4.69, 9.17) is 15.4 Å². The van der Waals surface area contributed by atoms with Crippen LogP contribution in [0.1, 0.15) is 6.92 Å². The molecule has 1 amide bonds. The van der Waals surface area contributed by atoms with Gasteiger partial charge < -0.3 is 20.6 Å². The Kier molecular flexibility index (Phi) is 6.21. The van der Waals surface area contributed by atoms with Gasteiger partial charge in [-0.2, -0.15) is 0 Å². The molecule has 1 unspecified atom stereocenters. The predicted molar refractivity (Wildman–Crippen MR) is 89.2 cm³/mol. The molecule has 1 aliphatic rings. The summed E-state index contributed by atoms with van der Waals surface area (Å²) in [6.45, 7) is 1.47. The lowest BCUT2D eigenvalue weighted by Gasteiger charge is -2.35. The third-order valence-corrected chi connectivity index (χ3v) is 3.44. The normalized spacial score (nSPS) is 22.0. The molecule has 1 aliphatic heterocycles. The van der Waals surface area contributed by atoms with E-state index in [-0.39, 0.29) is 18.2 Å². The van der Waals surface area contributed by atoms with Crippen LogP contribution in [0.3, 0.4) is 0 Å². The van der Waals surface area contributed by atoms with Crippen molar-refractivity contribution in [3.05, 3.63) is 52.6 Å². The number of carboxylic acid groups (broad SMARTS) is 1. The number of amides is 1. The van der Waals surface area contributed by atoms with E-state index in [2.05, 4.69) is 26.2 Å². The van der Waals surface area contributed by atoms with E-state index >= 15 is 0 Å². The molecule has 0 radical (unpaired) electrons. The van der Waals surface area contributed by atoms with E-state index in [0.717, 1.165) is 5.69 Å². The number of nitrogens with one attached hydrogen (secondary N) is 3. The number of carboxylic acids is 1. The van der Waals surface area contributed by atoms with Crippen molar-refractivity contribution in [2.24, 2.45) is 5.11 Å². The van der Waals surface area contributed by atoms with Gasteiger partial charge >= 0.3 is 5.97 Å². The van der Waals surface area contributed by atoms with Crippen LogP contribution in [0.2, 0.25) is 0 Å². The summed E-state index contributed by atoms with van der Waals surface area (Å²) in [7, 11) is 0. The number of carbonyl (C=O) groups is 2. The molecule has 4 N–H and O–H groups in total. The van der Waals surface area contributed by atoms with Gasteiger partial charge in [-0.3, -0.25) is 4.79 Å². The van der Waals surface area contributed by atoms with Crippen molar-refractivity contribution in [3.8, 4) is 0 Å². The number of benzene rings is 1. The van der Waals surface area contributed by atoms with Gasteiger partial charge in [0.2, 0.25) is 11.7 Å². The summed E-state index contributed by atoms with van der Waals surface area (Å²) in [5.74, 6) is -1.95. The van der Waals surface area contributed by atoms with Crippen LogP contribution < -0.4 is 16.2 Å². The van der Waals surface area contributed by atoms with Crippen molar-refractivity contribution in [2.45, 2.75) is 25.1 Å². The van der Waals surface area contributed by atoms with Crippen LogP contribution >= 0.6 is 0 Å². The highest BCUT2D eigenvalue weighted by Gasteiger charge is 2.36. The molecule has 1 heterocycles. The number of rotatable bonds is 7. The van der Waals surface area contributed by atoms with Crippen molar-refractivity contribution >= 4 is 17.6 Å². The van der Waals surface area contributed by atoms with E-state index < -0.39 is 24.2 Å². The first-order valence-electron chi connectivity index (χ1n) is 7.48. The zero-order chi connectivity index (χ0) is 18.2. The number of aliphatic carboxylic acids is 1. The van der Waals surface area contributed by atoms with Gasteiger partial charge in [0.05, 0.1) is 18.6 Å². The van der Waals surface area contributed by atoms with Crippen LogP contribution in [-0.2, 0) is 14.3 Å². The first-order chi connectivity index (χ1) is 12.0. The molecule has 10 nitrogen and oxygen atoms in total. The number of carbonyl (C=O) groups excluding carboxylic acids is 1. The van der Waals surface area contributed by atoms with Gasteiger partial charge in [-0.1, -0.05) is 23.3 Å². The number of nitrogens with zero attached hydrogens (tertiary/aromatic N) is 3. The van der Waals surface area contributed by atoms with Crippen LogP contribution in [0.4, 0.5) is 5.69 Å². The minimum absolute atomic E-state index is 0.155. The molecule has 0 aliphatic carbocycles. The van der Waals surface area contributed by atoms with Crippen LogP contribution in [0.25, 0.3) is 10.4 Å². The van der Waals surface area contributed by atoms with Gasteiger partial charge in [0.1, 0.15) is 6.10 Å². The zero-order valence-corrected chi connectivity index (χ0v) is 13.4. The van der Waals surface area contributed by atoms with Gasteiger partial charge in [0.25, 0.3) is 0 Å². The number of anilines is 1. The highest BCUT2D eigenvalue weighted by Crippen LogP contribution is 2.21. The Morgan fingerprint density at radius 3 is 2.68 bits per heavy atom. The second-order valence-electron chi connectivity index (χ2n) is 5.29. The van der Waals surface area contributed by atoms with E-state index in [1.54, 1.807) is 0 Å². The van der Waals surface area contributed by atoms with Crippen molar-refractivity contribution in [2.75, 3.05) is 12.0 Å². The number of azide groups is 1. The molecule has 1 aromatic carbocycles. The van der Waals surface area contributed by atoms with Crippen molar-refractivity contribution in [1.82, 2.24) is 10.7 Å². The van der Waals surface area contributed by atoms with Gasteiger partial charge in [-0.15, -0.1) is 0 Å². The quantitative estimate of drug-likeness (QED) is 0.252. The molecule has 132 valence electrons. The minimum Gasteiger partial charge on any atom is -0.480 e. The molecule has 10 heteroatoms. The maximum Gasteiger partial charge on any atom is 0.370 e. The minimum atomic E-state index is -1.28. The van der Waals surface area contributed by atoms with Gasteiger partial charge in [-0.25, -0.2) is 10.2 Å². The van der Waals surface area contributed by atoms with Crippen LogP contribution in [0.5, 0.6) is 0 Å². The van der Waals surface area contributed by atoms with Gasteiger partial charge in [0.15, 0.2) is 0 Å². The van der Waals surface area contributed by atoms with Crippen LogP contribution in [-0.4, -0.2) is 41.7 Å². The average Bonchev–Trinajstić information content (AvgIpc) is 2.58. The summed E-state index contributed by atoms with van der Waals surface area (Å²) in [5, 5.41) is 15.4. The average molecular weight is 346 g/mol. The van der Waals surface area contributed by atoms with Crippen molar-refractivity contribution < 1.29 is 19.4 Å². The van der Waals surface area contributed by atoms with Crippen LogP contribution in [0.15, 0.2) is 47.3 Å². The molecular weight excluding hydrogens is 328 g/mol. The summed E-state index contributed by atoms with van der Waals surface area (Å²) in [6, 6.07) is 7.67. The Labute approximate surface area is 143 Å². The molecule has 3 atom stereocenters. The fraction of sp³-hybridized carbons (Fsp3) is 0.333. The molecule has 1 aromatic rings. The van der Waals surface area contributed by atoms with Crippen molar-refractivity contribution in [3.63, 3.8) is 0 Å². The third kappa shape index (κ3) is 5.13. The highest BCUT2D eigenvalue weighted by molar-refractivity contribution is 5.84. The molecule has 0 saturated carbocycles. The zero-order valence-electron chi connectivity index (χ0n) is 13.4. The van der Waals surface area contributed by atoms with Gasteiger partial charge in [-0.05, 0) is 23.7 Å². The molecule has 0 spiro atoms. The number of para-hydroxylation sites is 1. The standard InChI is InChI=1S/C15H18N6O4/c1-9(22)18-14-11(20-21-16)7-12(15(23)24)25-13(14)8-17-19-10-5-3-2-4-6-10/h2-7,11,13-14,17,19H,8H2,1H3,(H,18,22)(H,23,24)/t11?,13-,14+/m0/s1. The summed E-state index contributed by atoms with van der Waals surface area (Å²) in [5.41, 5.74) is 15.4. The van der Waals surface area contributed by atoms with E-state index in [9.17, 15) is 9.59 Å². The second kappa shape index (κ2) is 8.57. The Bertz CT molecular complexity index is 701. The van der Waals surface area contributed by atoms with E-state index in [1.165, 1.54) is 13.0 Å². The van der Waals surface area contributed by atoms with E-state index in [0.29, 0.717) is 0 Å². The van der Waals surface area contributed by atoms with E-state index in [1.807, 2.05) is 30.3 Å². The first kappa shape index (κ1) is 18.1. The highest BCUT2D eigenvalue weighted by atomic mass is 16.5. The van der Waals surface area contributed by atoms with Crippen molar-refractivity contribution in [1.29, 1.82) is 0 Å². The first-order valence-corrected chi connectivity index (χ1v) is 7.48. The fourth-order valence-electron chi connectivity index (χ4n) is 2.40. The van der Waals surface area contributed by atoms with Gasteiger partial charge in [0, 0.05) is 17.5 Å². The lowest BCUT2D eigenvalue weighted by molar-refractivity contribution is -0.138. The third-order valence-electron chi connectivity index (χ3n) is 3.44. The lowest BCUT2D eigenvalue weighted by Crippen LogP contribution is -2.56. The SMILES string of the molecule is CC(=O)N[C@@H]1C(N=[N+]=[N-])C=C(C(=O)O)O[C@H]1CNNc1ccccc1. The summed E-state index contributed by atoms with van der Waals surface area (Å²) < 4.78 is 5.44. The number of hydrogen-bond acceptors (Lipinski definition) is 6. The topological polar surface area (TPSA) is 148 Å². The fourth-order valence-corrected chi connectivity index (χ4v) is 2.40. The molecule has 0 saturated heterocycles.